The third-order valence-electron chi connectivity index (χ3n) is 2.03. The number of carbonyl (C=O) groups is 1. The van der Waals surface area contributed by atoms with E-state index in [1.54, 1.807) is 11.4 Å². The van der Waals surface area contributed by atoms with Gasteiger partial charge in [0, 0.05) is 10.3 Å². The summed E-state index contributed by atoms with van der Waals surface area (Å²) in [5.41, 5.74) is -0.0444. The minimum Gasteiger partial charge on any atom is -0.478 e. The van der Waals surface area contributed by atoms with Crippen LogP contribution in [0.2, 0.25) is 5.02 Å². The van der Waals surface area contributed by atoms with E-state index in [0.717, 1.165) is 0 Å². The fraction of sp³-hybridized carbons (Fsp3) is 0.100. The molecule has 0 amide bonds. The molecule has 0 saturated heterocycles. The van der Waals surface area contributed by atoms with Gasteiger partial charge in [0.2, 0.25) is 0 Å². The van der Waals surface area contributed by atoms with Crippen LogP contribution in [0.3, 0.4) is 0 Å². The molecular weight excluding hydrogens is 252 g/mol. The molecule has 1 unspecified atom stereocenters. The van der Waals surface area contributed by atoms with Crippen LogP contribution < -0.4 is 0 Å². The molecule has 2 aromatic rings. The number of aliphatic hydroxyl groups excluding tert-OH is 1. The van der Waals surface area contributed by atoms with Crippen LogP contribution in [0, 0.1) is 0 Å². The van der Waals surface area contributed by atoms with Crippen LogP contribution in [0.4, 0.5) is 0 Å². The highest BCUT2D eigenvalue weighted by atomic mass is 35.5. The molecule has 0 radical (unpaired) electrons. The first-order valence-corrected chi connectivity index (χ1v) is 5.58. The van der Waals surface area contributed by atoms with Crippen molar-refractivity contribution in [1.29, 1.82) is 0 Å². The van der Waals surface area contributed by atoms with Crippen molar-refractivity contribution in [3.05, 3.63) is 45.0 Å². The summed E-state index contributed by atoms with van der Waals surface area (Å²) >= 11 is 6.96. The predicted octanol–water partition coefficient (Wildman–Crippen LogP) is 2.77. The summed E-state index contributed by atoms with van der Waals surface area (Å²) in [4.78, 5) is 11.4. The lowest BCUT2D eigenvalue weighted by atomic mass is 10.1. The number of aromatic carboxylic acids is 1. The molecule has 6 heteroatoms. The Balaban J connectivity index is 2.37. The van der Waals surface area contributed by atoms with E-state index in [-0.39, 0.29) is 11.3 Å². The first-order valence-electron chi connectivity index (χ1n) is 4.32. The molecule has 4 nitrogen and oxygen atoms in total. The van der Waals surface area contributed by atoms with Gasteiger partial charge in [-0.05, 0) is 12.1 Å². The van der Waals surface area contributed by atoms with Crippen LogP contribution in [-0.4, -0.2) is 16.2 Å². The highest BCUT2D eigenvalue weighted by molar-refractivity contribution is 7.10. The summed E-state index contributed by atoms with van der Waals surface area (Å²) in [7, 11) is 0. The second-order valence-corrected chi connectivity index (χ2v) is 4.45. The van der Waals surface area contributed by atoms with Crippen LogP contribution >= 0.6 is 22.9 Å². The fourth-order valence-corrected chi connectivity index (χ4v) is 2.37. The molecule has 16 heavy (non-hydrogen) atoms. The lowest BCUT2D eigenvalue weighted by Crippen LogP contribution is -2.04. The molecular formula is C10H7ClO4S. The van der Waals surface area contributed by atoms with E-state index in [9.17, 15) is 9.90 Å². The van der Waals surface area contributed by atoms with E-state index in [1.165, 1.54) is 23.7 Å². The predicted molar refractivity (Wildman–Crippen MR) is 59.1 cm³/mol. The fourth-order valence-electron chi connectivity index (χ4n) is 1.31. The zero-order chi connectivity index (χ0) is 11.7. The number of furan rings is 1. The minimum atomic E-state index is -1.13. The largest absolute Gasteiger partial charge is 0.478 e. The number of halogens is 1. The van der Waals surface area contributed by atoms with Gasteiger partial charge in [0.05, 0.1) is 11.3 Å². The van der Waals surface area contributed by atoms with Gasteiger partial charge in [-0.25, -0.2) is 4.79 Å². The molecule has 2 N–H and O–H groups in total. The van der Waals surface area contributed by atoms with Gasteiger partial charge >= 0.3 is 5.97 Å². The summed E-state index contributed by atoms with van der Waals surface area (Å²) in [5.74, 6) is -1.11. The van der Waals surface area contributed by atoms with E-state index < -0.39 is 12.1 Å². The number of hydrogen-bond acceptors (Lipinski definition) is 4. The van der Waals surface area contributed by atoms with Crippen molar-refractivity contribution in [2.75, 3.05) is 0 Å². The van der Waals surface area contributed by atoms with Crippen LogP contribution in [0.25, 0.3) is 0 Å². The van der Waals surface area contributed by atoms with Crippen LogP contribution in [-0.2, 0) is 0 Å². The Kier molecular flexibility index (Phi) is 3.00. The van der Waals surface area contributed by atoms with Crippen molar-refractivity contribution in [1.82, 2.24) is 0 Å². The molecule has 0 spiro atoms. The van der Waals surface area contributed by atoms with Crippen LogP contribution in [0.15, 0.2) is 28.2 Å². The van der Waals surface area contributed by atoms with E-state index in [0.29, 0.717) is 9.90 Å². The standard InChI is InChI=1S/C10H7ClO4S/c11-5-3-7(16-4-5)8(12)9-6(10(13)14)1-2-15-9/h1-4,8,12H,(H,13,14). The Hall–Kier alpha value is -1.30. The molecule has 2 aromatic heterocycles. The van der Waals surface area contributed by atoms with Gasteiger partial charge in [0.1, 0.15) is 11.7 Å². The molecule has 0 aromatic carbocycles. The van der Waals surface area contributed by atoms with Gasteiger partial charge in [0.25, 0.3) is 0 Å². The number of carboxylic acids is 1. The molecule has 84 valence electrons. The molecule has 0 aliphatic heterocycles. The Morgan fingerprint density at radius 3 is 2.88 bits per heavy atom. The maximum Gasteiger partial charge on any atom is 0.339 e. The summed E-state index contributed by atoms with van der Waals surface area (Å²) in [6.07, 6.45) is 0.135. The number of aliphatic hydroxyl groups is 1. The first kappa shape index (κ1) is 11.2. The van der Waals surface area contributed by atoms with Crippen molar-refractivity contribution >= 4 is 28.9 Å². The SMILES string of the molecule is O=C(O)c1ccoc1C(O)c1cc(Cl)cs1. The average molecular weight is 259 g/mol. The van der Waals surface area contributed by atoms with E-state index >= 15 is 0 Å². The van der Waals surface area contributed by atoms with Gasteiger partial charge in [-0.1, -0.05) is 11.6 Å². The van der Waals surface area contributed by atoms with Crippen molar-refractivity contribution < 1.29 is 19.4 Å². The zero-order valence-electron chi connectivity index (χ0n) is 7.88. The lowest BCUT2D eigenvalue weighted by molar-refractivity contribution is 0.0688. The second kappa shape index (κ2) is 4.29. The molecule has 0 bridgehead atoms. The molecule has 0 aliphatic carbocycles. The number of rotatable bonds is 3. The van der Waals surface area contributed by atoms with E-state index in [2.05, 4.69) is 0 Å². The van der Waals surface area contributed by atoms with Crippen LogP contribution in [0.5, 0.6) is 0 Å². The molecule has 0 saturated carbocycles. The van der Waals surface area contributed by atoms with E-state index in [4.69, 9.17) is 21.1 Å². The van der Waals surface area contributed by atoms with E-state index in [1.807, 2.05) is 0 Å². The first-order chi connectivity index (χ1) is 7.59. The number of hydrogen-bond donors (Lipinski definition) is 2. The summed E-state index contributed by atoms with van der Waals surface area (Å²) in [6.45, 7) is 0. The molecule has 1 atom stereocenters. The molecule has 0 fully saturated rings. The summed E-state index contributed by atoms with van der Waals surface area (Å²) in [5, 5.41) is 20.9. The monoisotopic (exact) mass is 258 g/mol. The molecule has 2 rings (SSSR count). The highest BCUT2D eigenvalue weighted by Gasteiger charge is 2.23. The zero-order valence-corrected chi connectivity index (χ0v) is 9.46. The minimum absolute atomic E-state index is 0.0195. The Morgan fingerprint density at radius 1 is 1.56 bits per heavy atom. The van der Waals surface area contributed by atoms with Gasteiger partial charge in [-0.3, -0.25) is 0 Å². The maximum absolute atomic E-state index is 10.8. The van der Waals surface area contributed by atoms with Gasteiger partial charge in [0.15, 0.2) is 5.76 Å². The number of carboxylic acid groups (broad SMARTS) is 1. The molecule has 2 heterocycles. The second-order valence-electron chi connectivity index (χ2n) is 3.07. The average Bonchev–Trinajstić information content (AvgIpc) is 2.84. The Bertz CT molecular complexity index is 516. The highest BCUT2D eigenvalue weighted by Crippen LogP contribution is 2.31. The third-order valence-corrected chi connectivity index (χ3v) is 3.36. The smallest absolute Gasteiger partial charge is 0.339 e. The quantitative estimate of drug-likeness (QED) is 0.888. The van der Waals surface area contributed by atoms with Crippen molar-refractivity contribution in [2.24, 2.45) is 0 Å². The molecule has 0 aliphatic rings. The normalized spacial score (nSPS) is 12.6. The van der Waals surface area contributed by atoms with Crippen molar-refractivity contribution in [3.8, 4) is 0 Å². The topological polar surface area (TPSA) is 70.7 Å². The van der Waals surface area contributed by atoms with Gasteiger partial charge in [-0.15, -0.1) is 11.3 Å². The van der Waals surface area contributed by atoms with Crippen molar-refractivity contribution in [2.45, 2.75) is 6.10 Å². The van der Waals surface area contributed by atoms with Crippen LogP contribution in [0.1, 0.15) is 27.1 Å². The van der Waals surface area contributed by atoms with Crippen molar-refractivity contribution in [3.63, 3.8) is 0 Å². The van der Waals surface area contributed by atoms with Gasteiger partial charge < -0.3 is 14.6 Å². The summed E-state index contributed by atoms with van der Waals surface area (Å²) < 4.78 is 4.98. The van der Waals surface area contributed by atoms with Gasteiger partial charge in [-0.2, -0.15) is 0 Å². The third kappa shape index (κ3) is 1.97. The Labute approximate surface area is 99.7 Å². The lowest BCUT2D eigenvalue weighted by Gasteiger charge is -2.05. The Morgan fingerprint density at radius 2 is 2.31 bits per heavy atom. The number of thiophene rings is 1. The summed E-state index contributed by atoms with van der Waals surface area (Å²) in [6, 6.07) is 2.88. The maximum atomic E-state index is 10.8.